The predicted molar refractivity (Wildman–Crippen MR) is 179 cm³/mol. The molecule has 0 aliphatic heterocycles. The largest absolute Gasteiger partial charge is 0.485 e. The van der Waals surface area contributed by atoms with E-state index < -0.39 is 5.41 Å². The van der Waals surface area contributed by atoms with Crippen LogP contribution in [0.25, 0.3) is 12.2 Å². The molecule has 44 heavy (non-hydrogen) atoms. The summed E-state index contributed by atoms with van der Waals surface area (Å²) in [6.07, 6.45) is 3.41. The summed E-state index contributed by atoms with van der Waals surface area (Å²) in [4.78, 5) is 26.7. The van der Waals surface area contributed by atoms with Gasteiger partial charge in [0.05, 0.1) is 11.1 Å². The summed E-state index contributed by atoms with van der Waals surface area (Å²) in [5.41, 5.74) is 3.03. The first kappa shape index (κ1) is 31.0. The fraction of sp³-hybridized carbons (Fsp3) is 0.189. The number of thiazole rings is 1. The van der Waals surface area contributed by atoms with Crippen LogP contribution in [0.4, 0.5) is 0 Å². The first-order valence-corrected chi connectivity index (χ1v) is 15.5. The van der Waals surface area contributed by atoms with Gasteiger partial charge in [-0.1, -0.05) is 111 Å². The van der Waals surface area contributed by atoms with E-state index in [0.717, 1.165) is 22.3 Å². The highest BCUT2D eigenvalue weighted by atomic mass is 35.5. The minimum atomic E-state index is -0.574. The van der Waals surface area contributed by atoms with E-state index in [1.807, 2.05) is 118 Å². The third-order valence-electron chi connectivity index (χ3n) is 6.92. The van der Waals surface area contributed by atoms with E-state index in [0.29, 0.717) is 45.5 Å². The van der Waals surface area contributed by atoms with E-state index in [4.69, 9.17) is 21.1 Å². The van der Waals surface area contributed by atoms with E-state index >= 15 is 0 Å². The summed E-state index contributed by atoms with van der Waals surface area (Å²) in [6, 6.07) is 32.9. The number of rotatable bonds is 10. The molecular weight excluding hydrogens is 590 g/mol. The normalized spacial score (nSPS) is 12.4. The molecular formula is C37H34ClNO4S. The maximum absolute atomic E-state index is 13.7. The number of benzene rings is 4. The minimum absolute atomic E-state index is 0.0494. The second-order valence-corrected chi connectivity index (χ2v) is 13.0. The molecule has 0 aliphatic carbocycles. The van der Waals surface area contributed by atoms with Crippen molar-refractivity contribution in [3.63, 3.8) is 0 Å². The first-order valence-electron chi connectivity index (χ1n) is 14.4. The molecule has 0 amide bonds. The third-order valence-corrected chi connectivity index (χ3v) is 8.24. The molecule has 224 valence electrons. The van der Waals surface area contributed by atoms with Crippen LogP contribution in [0.5, 0.6) is 11.5 Å². The molecule has 0 N–H and O–H groups in total. The van der Waals surface area contributed by atoms with Crippen LogP contribution in [-0.2, 0) is 24.6 Å². The molecule has 1 aromatic heterocycles. The quantitative estimate of drug-likeness (QED) is 0.168. The second-order valence-electron chi connectivity index (χ2n) is 11.5. The zero-order chi connectivity index (χ0) is 31.1. The van der Waals surface area contributed by atoms with Crippen LogP contribution in [0.2, 0.25) is 5.02 Å². The summed E-state index contributed by atoms with van der Waals surface area (Å²) in [6.45, 7) is 6.69. The van der Waals surface area contributed by atoms with Gasteiger partial charge in [-0.25, -0.2) is 0 Å². The van der Waals surface area contributed by atoms with Gasteiger partial charge in [-0.15, -0.1) is 11.3 Å². The lowest BCUT2D eigenvalue weighted by Crippen LogP contribution is -2.32. The number of halogens is 1. The number of carbonyl (C=O) groups is 1. The van der Waals surface area contributed by atoms with E-state index in [1.165, 1.54) is 11.3 Å². The molecule has 0 fully saturated rings. The summed E-state index contributed by atoms with van der Waals surface area (Å²) in [5.74, 6) is 1.14. The average molecular weight is 624 g/mol. The van der Waals surface area contributed by atoms with Gasteiger partial charge in [-0.3, -0.25) is 14.2 Å². The minimum Gasteiger partial charge on any atom is -0.485 e. The molecule has 1 heterocycles. The van der Waals surface area contributed by atoms with Gasteiger partial charge in [0.2, 0.25) is 0 Å². The molecule has 5 nitrogen and oxygen atoms in total. The van der Waals surface area contributed by atoms with Gasteiger partial charge in [0.15, 0.2) is 17.3 Å². The number of aromatic nitrogens is 1. The Kier molecular flexibility index (Phi) is 9.83. The van der Waals surface area contributed by atoms with Crippen molar-refractivity contribution < 1.29 is 14.3 Å². The van der Waals surface area contributed by atoms with Crippen molar-refractivity contribution in [3.05, 3.63) is 150 Å². The Morgan fingerprint density at radius 1 is 0.795 bits per heavy atom. The van der Waals surface area contributed by atoms with Crippen molar-refractivity contribution in [2.45, 2.75) is 40.5 Å². The van der Waals surface area contributed by atoms with Crippen LogP contribution in [0.3, 0.4) is 0 Å². The zero-order valence-electron chi connectivity index (χ0n) is 25.0. The van der Waals surface area contributed by atoms with Crippen molar-refractivity contribution in [2.24, 2.45) is 5.41 Å². The number of hydrogen-bond donors (Lipinski definition) is 0. The lowest BCUT2D eigenvalue weighted by Gasteiger charge is -2.14. The van der Waals surface area contributed by atoms with Gasteiger partial charge in [0.25, 0.3) is 5.56 Å². The average Bonchev–Trinajstić information content (AvgIpc) is 3.30. The maximum atomic E-state index is 13.7. The molecule has 0 radical (unpaired) electrons. The lowest BCUT2D eigenvalue weighted by atomic mass is 9.91. The SMILES string of the molecule is CC(C)(C)C(=O)/C=c1/s/c(=C\c2ccc(OCc3ccccc3)c(OCc3ccccc3)c2)c(=O)n1Cc1ccc(Cl)cc1. The second kappa shape index (κ2) is 13.9. The van der Waals surface area contributed by atoms with Crippen LogP contribution < -0.4 is 24.2 Å². The number of nitrogens with zero attached hydrogens (tertiary/aromatic N) is 1. The molecule has 0 atom stereocenters. The van der Waals surface area contributed by atoms with Gasteiger partial charge >= 0.3 is 0 Å². The predicted octanol–water partition coefficient (Wildman–Crippen LogP) is 6.99. The fourth-order valence-electron chi connectivity index (χ4n) is 4.36. The van der Waals surface area contributed by atoms with Crippen LogP contribution in [0.15, 0.2) is 108 Å². The molecule has 5 aromatic rings. The Morgan fingerprint density at radius 2 is 1.39 bits per heavy atom. The summed E-state index contributed by atoms with van der Waals surface area (Å²) < 4.78 is 15.2. The van der Waals surface area contributed by atoms with Crippen molar-refractivity contribution in [1.29, 1.82) is 0 Å². The van der Waals surface area contributed by atoms with Gasteiger partial charge in [0.1, 0.15) is 17.9 Å². The smallest absolute Gasteiger partial charge is 0.269 e. The Balaban J connectivity index is 1.53. The highest BCUT2D eigenvalue weighted by Crippen LogP contribution is 2.30. The van der Waals surface area contributed by atoms with Crippen molar-refractivity contribution in [1.82, 2.24) is 4.57 Å². The lowest BCUT2D eigenvalue weighted by molar-refractivity contribution is -0.120. The fourth-order valence-corrected chi connectivity index (χ4v) is 5.53. The van der Waals surface area contributed by atoms with E-state index in [-0.39, 0.29) is 11.3 Å². The summed E-state index contributed by atoms with van der Waals surface area (Å²) >= 11 is 7.38. The summed E-state index contributed by atoms with van der Waals surface area (Å²) in [7, 11) is 0. The van der Waals surface area contributed by atoms with Gasteiger partial charge < -0.3 is 9.47 Å². The molecule has 5 rings (SSSR count). The highest BCUT2D eigenvalue weighted by Gasteiger charge is 2.20. The monoisotopic (exact) mass is 623 g/mol. The van der Waals surface area contributed by atoms with Gasteiger partial charge in [-0.2, -0.15) is 0 Å². The standard InChI is InChI=1S/C37H34ClNO4S/c1-37(2,3)34(40)22-35-39(23-26-14-17-30(38)18-15-26)36(41)33(44-35)21-29-16-19-31(42-24-27-10-6-4-7-11-27)32(20-29)43-25-28-12-8-5-9-13-28/h4-22H,23-25H2,1-3H3/b33-21-,35-22+. The van der Waals surface area contributed by atoms with Crippen LogP contribution in [-0.4, -0.2) is 10.4 Å². The van der Waals surface area contributed by atoms with Crippen LogP contribution in [0.1, 0.15) is 43.0 Å². The van der Waals surface area contributed by atoms with E-state index in [1.54, 1.807) is 22.8 Å². The molecule has 0 aliphatic rings. The Bertz CT molecular complexity index is 1910. The van der Waals surface area contributed by atoms with E-state index in [2.05, 4.69) is 0 Å². The number of carbonyl (C=O) groups excluding carboxylic acids is 1. The van der Waals surface area contributed by atoms with Gasteiger partial charge in [-0.05, 0) is 52.6 Å². The molecule has 7 heteroatoms. The molecule has 4 aromatic carbocycles. The van der Waals surface area contributed by atoms with Crippen molar-refractivity contribution >= 4 is 40.9 Å². The molecule has 0 spiro atoms. The van der Waals surface area contributed by atoms with Crippen LogP contribution >= 0.6 is 22.9 Å². The topological polar surface area (TPSA) is 57.5 Å². The summed E-state index contributed by atoms with van der Waals surface area (Å²) in [5, 5.41) is 0.622. The van der Waals surface area contributed by atoms with Gasteiger partial charge in [0, 0.05) is 16.5 Å². The highest BCUT2D eigenvalue weighted by molar-refractivity contribution is 7.07. The van der Waals surface area contributed by atoms with Crippen molar-refractivity contribution in [3.8, 4) is 11.5 Å². The number of Topliss-reactive ketones (excluding diaryl/α,β-unsaturated/α-hetero) is 1. The number of ether oxygens (including phenoxy) is 2. The zero-order valence-corrected chi connectivity index (χ0v) is 26.5. The Hall–Kier alpha value is -4.39. The Morgan fingerprint density at radius 3 is 1.98 bits per heavy atom. The van der Waals surface area contributed by atoms with Crippen LogP contribution in [0, 0.1) is 5.41 Å². The molecule has 0 saturated heterocycles. The number of hydrogen-bond acceptors (Lipinski definition) is 5. The number of ketones is 1. The Labute approximate surface area is 266 Å². The molecule has 0 bridgehead atoms. The first-order chi connectivity index (χ1) is 21.2. The maximum Gasteiger partial charge on any atom is 0.269 e. The van der Waals surface area contributed by atoms with Crippen molar-refractivity contribution in [2.75, 3.05) is 0 Å². The van der Waals surface area contributed by atoms with E-state index in [9.17, 15) is 9.59 Å². The molecule has 0 saturated carbocycles. The molecule has 0 unspecified atom stereocenters. The third kappa shape index (κ3) is 8.16.